The number of likely N-dealkylation sites (tertiary alicyclic amines) is 1. The maximum absolute atomic E-state index is 7.37. The Bertz CT molecular complexity index is 376. The Balaban J connectivity index is 2.29. The van der Waals surface area contributed by atoms with Gasteiger partial charge in [-0.1, -0.05) is 0 Å². The number of hydrogen-bond acceptors (Lipinski definition) is 1. The molecule has 0 bridgehead atoms. The SMILES string of the molecule is [2H]C([2H])([2H])[n+]1cccc([C@H]2CCCN2C)c1. The summed E-state index contributed by atoms with van der Waals surface area (Å²) in [6, 6.07) is 4.19. The van der Waals surface area contributed by atoms with Gasteiger partial charge >= 0.3 is 0 Å². The highest BCUT2D eigenvalue weighted by Gasteiger charge is 2.23. The number of aromatic nitrogens is 1. The number of aryl methyl sites for hydroxylation is 1. The van der Waals surface area contributed by atoms with Crippen LogP contribution in [0.3, 0.4) is 0 Å². The number of pyridine rings is 1. The maximum Gasteiger partial charge on any atom is 0.173 e. The van der Waals surface area contributed by atoms with Gasteiger partial charge in [0, 0.05) is 17.7 Å². The standard InChI is InChI=1S/C11H17N2/c1-12-7-3-5-10(9-12)11-6-4-8-13(11)2/h3,5,7,9,11H,4,6,8H2,1-2H3/q+1/t11-/m1/s1/i1D3. The minimum absolute atomic E-state index is 0.370. The van der Waals surface area contributed by atoms with E-state index in [2.05, 4.69) is 11.9 Å². The summed E-state index contributed by atoms with van der Waals surface area (Å²) >= 11 is 0. The second-order valence-corrected chi connectivity index (χ2v) is 3.68. The highest BCUT2D eigenvalue weighted by molar-refractivity contribution is 5.12. The molecule has 0 aliphatic carbocycles. The second kappa shape index (κ2) is 3.46. The van der Waals surface area contributed by atoms with Gasteiger partial charge in [-0.2, -0.15) is 0 Å². The fraction of sp³-hybridized carbons (Fsp3) is 0.545. The Morgan fingerprint density at radius 1 is 1.69 bits per heavy atom. The van der Waals surface area contributed by atoms with E-state index in [1.165, 1.54) is 11.0 Å². The molecule has 1 atom stereocenters. The lowest BCUT2D eigenvalue weighted by Gasteiger charge is -2.17. The van der Waals surface area contributed by atoms with Crippen molar-refractivity contribution in [3.05, 3.63) is 30.1 Å². The lowest BCUT2D eigenvalue weighted by Crippen LogP contribution is -2.29. The van der Waals surface area contributed by atoms with Gasteiger partial charge in [-0.15, -0.1) is 0 Å². The third-order valence-corrected chi connectivity index (χ3v) is 2.73. The predicted octanol–water partition coefficient (Wildman–Crippen LogP) is 1.28. The zero-order chi connectivity index (χ0) is 11.8. The van der Waals surface area contributed by atoms with Gasteiger partial charge in [-0.25, -0.2) is 4.57 Å². The zero-order valence-electron chi connectivity index (χ0n) is 10.9. The summed E-state index contributed by atoms with van der Waals surface area (Å²) in [6.07, 6.45) is 5.65. The molecule has 2 heteroatoms. The Labute approximate surface area is 84.0 Å². The second-order valence-electron chi connectivity index (χ2n) is 3.68. The number of rotatable bonds is 1. The van der Waals surface area contributed by atoms with Crippen LogP contribution < -0.4 is 4.57 Å². The molecule has 1 saturated heterocycles. The molecule has 0 spiro atoms. The summed E-state index contributed by atoms with van der Waals surface area (Å²) in [6.45, 7) is -0.986. The highest BCUT2D eigenvalue weighted by Crippen LogP contribution is 2.28. The van der Waals surface area contributed by atoms with Crippen LogP contribution in [0, 0.1) is 0 Å². The third kappa shape index (κ3) is 1.73. The van der Waals surface area contributed by atoms with Gasteiger partial charge in [-0.05, 0) is 32.5 Å². The molecule has 70 valence electrons. The number of hydrogen-bond donors (Lipinski definition) is 0. The molecule has 0 saturated carbocycles. The molecule has 2 heterocycles. The first-order chi connectivity index (χ1) is 7.48. The van der Waals surface area contributed by atoms with Gasteiger partial charge in [-0.3, -0.25) is 4.90 Å². The van der Waals surface area contributed by atoms with Crippen molar-refractivity contribution in [1.82, 2.24) is 4.90 Å². The van der Waals surface area contributed by atoms with E-state index in [1.54, 1.807) is 12.4 Å². The van der Waals surface area contributed by atoms with E-state index in [4.69, 9.17) is 4.11 Å². The Hall–Kier alpha value is -0.890. The van der Waals surface area contributed by atoms with E-state index in [1.807, 2.05) is 12.1 Å². The summed E-state index contributed by atoms with van der Waals surface area (Å²) in [4.78, 5) is 2.28. The summed E-state index contributed by atoms with van der Waals surface area (Å²) in [7, 11) is 2.09. The molecule has 1 aliphatic rings. The monoisotopic (exact) mass is 180 g/mol. The van der Waals surface area contributed by atoms with Crippen LogP contribution in [0.1, 0.15) is 28.6 Å². The van der Waals surface area contributed by atoms with Gasteiger partial charge in [0.05, 0.1) is 0 Å². The summed E-state index contributed by atoms with van der Waals surface area (Å²) < 4.78 is 23.4. The van der Waals surface area contributed by atoms with Crippen molar-refractivity contribution in [2.24, 2.45) is 6.98 Å². The van der Waals surface area contributed by atoms with Crippen molar-refractivity contribution in [3.63, 3.8) is 0 Å². The molecular weight excluding hydrogens is 160 g/mol. The van der Waals surface area contributed by atoms with Crippen molar-refractivity contribution in [3.8, 4) is 0 Å². The first-order valence-electron chi connectivity index (χ1n) is 6.20. The van der Waals surface area contributed by atoms with Crippen molar-refractivity contribution in [2.75, 3.05) is 13.6 Å². The summed E-state index contributed by atoms with van der Waals surface area (Å²) in [5, 5.41) is 0. The van der Waals surface area contributed by atoms with Crippen LogP contribution >= 0.6 is 0 Å². The topological polar surface area (TPSA) is 7.12 Å². The van der Waals surface area contributed by atoms with Gasteiger partial charge in [0.25, 0.3) is 0 Å². The molecule has 2 rings (SSSR count). The predicted molar refractivity (Wildman–Crippen MR) is 52.2 cm³/mol. The van der Waals surface area contributed by atoms with Crippen LogP contribution in [0.5, 0.6) is 0 Å². The molecule has 0 unspecified atom stereocenters. The van der Waals surface area contributed by atoms with Crippen molar-refractivity contribution in [1.29, 1.82) is 0 Å². The van der Waals surface area contributed by atoms with Crippen LogP contribution in [0.25, 0.3) is 0 Å². The molecule has 1 aliphatic heterocycles. The van der Waals surface area contributed by atoms with Crippen LogP contribution in [-0.2, 0) is 6.98 Å². The molecule has 0 N–H and O–H groups in total. The first-order valence-corrected chi connectivity index (χ1v) is 4.70. The maximum atomic E-state index is 7.37. The average Bonchev–Trinajstić information content (AvgIpc) is 2.63. The molecule has 1 aromatic heterocycles. The summed E-state index contributed by atoms with van der Waals surface area (Å²) in [5.74, 6) is 0. The zero-order valence-corrected chi connectivity index (χ0v) is 7.90. The molecule has 1 aromatic rings. The Morgan fingerprint density at radius 3 is 3.31 bits per heavy atom. The molecular formula is C11H17N2+. The lowest BCUT2D eigenvalue weighted by atomic mass is 10.1. The Morgan fingerprint density at radius 2 is 2.62 bits per heavy atom. The van der Waals surface area contributed by atoms with E-state index < -0.39 is 6.98 Å². The lowest BCUT2D eigenvalue weighted by molar-refractivity contribution is -0.672. The van der Waals surface area contributed by atoms with Gasteiger partial charge in [0.2, 0.25) is 0 Å². The van der Waals surface area contributed by atoms with Crippen LogP contribution in [0.15, 0.2) is 24.5 Å². The largest absolute Gasteiger partial charge is 0.299 e. The Kier molecular flexibility index (Phi) is 1.53. The van der Waals surface area contributed by atoms with E-state index in [0.29, 0.717) is 6.04 Å². The molecule has 0 amide bonds. The van der Waals surface area contributed by atoms with Crippen LogP contribution in [0.4, 0.5) is 0 Å². The van der Waals surface area contributed by atoms with Crippen LogP contribution in [-0.4, -0.2) is 18.5 Å². The van der Waals surface area contributed by atoms with E-state index in [0.717, 1.165) is 18.5 Å². The van der Waals surface area contributed by atoms with Crippen molar-refractivity contribution in [2.45, 2.75) is 18.9 Å². The molecule has 0 radical (unpaired) electrons. The quantitative estimate of drug-likeness (QED) is 0.590. The van der Waals surface area contributed by atoms with Gasteiger partial charge in [0.15, 0.2) is 12.4 Å². The number of nitrogens with zero attached hydrogens (tertiary/aromatic N) is 2. The van der Waals surface area contributed by atoms with Crippen LogP contribution in [0.2, 0.25) is 0 Å². The molecule has 0 aromatic carbocycles. The minimum Gasteiger partial charge on any atom is -0.299 e. The van der Waals surface area contributed by atoms with Crippen molar-refractivity contribution < 1.29 is 8.68 Å². The van der Waals surface area contributed by atoms with E-state index in [-0.39, 0.29) is 0 Å². The summed E-state index contributed by atoms with van der Waals surface area (Å²) in [5.41, 5.74) is 1.10. The fourth-order valence-electron chi connectivity index (χ4n) is 2.02. The van der Waals surface area contributed by atoms with E-state index in [9.17, 15) is 0 Å². The van der Waals surface area contributed by atoms with Gasteiger partial charge < -0.3 is 0 Å². The smallest absolute Gasteiger partial charge is 0.173 e. The average molecular weight is 180 g/mol. The molecule has 1 fully saturated rings. The first kappa shape index (κ1) is 5.76. The third-order valence-electron chi connectivity index (χ3n) is 2.73. The minimum atomic E-state index is -2.08. The highest BCUT2D eigenvalue weighted by atomic mass is 15.1. The molecule has 13 heavy (non-hydrogen) atoms. The van der Waals surface area contributed by atoms with E-state index >= 15 is 0 Å². The molecule has 2 nitrogen and oxygen atoms in total. The van der Waals surface area contributed by atoms with Gasteiger partial charge in [0.1, 0.15) is 11.1 Å². The fourth-order valence-corrected chi connectivity index (χ4v) is 2.02. The normalized spacial score (nSPS) is 28.1. The van der Waals surface area contributed by atoms with Crippen molar-refractivity contribution >= 4 is 0 Å².